The number of aromatic nitrogens is 3. The topological polar surface area (TPSA) is 73.8 Å². The molecule has 19 heavy (non-hydrogen) atoms. The van der Waals surface area contributed by atoms with Gasteiger partial charge in [-0.05, 0) is 29.8 Å². The molecule has 0 aliphatic carbocycles. The molecule has 0 radical (unpaired) electrons. The van der Waals surface area contributed by atoms with Crippen LogP contribution >= 0.6 is 23.2 Å². The highest BCUT2D eigenvalue weighted by atomic mass is 35.5. The molecule has 0 saturated carbocycles. The van der Waals surface area contributed by atoms with Gasteiger partial charge in [-0.25, -0.2) is 9.97 Å². The summed E-state index contributed by atoms with van der Waals surface area (Å²) >= 11 is 10.8. The average molecular weight is 317 g/mol. The van der Waals surface area contributed by atoms with E-state index in [1.54, 1.807) is 18.4 Å². The van der Waals surface area contributed by atoms with E-state index < -0.39 is 11.2 Å². The summed E-state index contributed by atoms with van der Waals surface area (Å²) in [6.07, 6.45) is 2.95. The van der Waals surface area contributed by atoms with Gasteiger partial charge >= 0.3 is 0 Å². The van der Waals surface area contributed by atoms with Gasteiger partial charge in [0.15, 0.2) is 0 Å². The number of anilines is 2. The summed E-state index contributed by atoms with van der Waals surface area (Å²) in [6.45, 7) is 0. The highest BCUT2D eigenvalue weighted by molar-refractivity contribution is 7.89. The van der Waals surface area contributed by atoms with Crippen molar-refractivity contribution in [3.05, 3.63) is 40.4 Å². The normalized spacial score (nSPS) is 12.2. The van der Waals surface area contributed by atoms with Gasteiger partial charge in [-0.2, -0.15) is 4.98 Å². The molecule has 2 aromatic rings. The standard InChI is InChI=1S/C11H10Cl2N4OS/c1-19(18)5-7-2-8(12)4-9(3-7)16-11-15-6-14-10(13)17-11/h2-4,6H,5H2,1H3,(H,14,15,16,17). The second-order valence-electron chi connectivity index (χ2n) is 3.77. The van der Waals surface area contributed by atoms with Crippen molar-refractivity contribution in [1.82, 2.24) is 15.0 Å². The highest BCUT2D eigenvalue weighted by Crippen LogP contribution is 2.22. The van der Waals surface area contributed by atoms with Crippen LogP contribution in [-0.2, 0) is 16.9 Å². The van der Waals surface area contributed by atoms with Gasteiger partial charge in [-0.15, -0.1) is 0 Å². The molecule has 2 rings (SSSR count). The van der Waals surface area contributed by atoms with Crippen LogP contribution in [0.1, 0.15) is 5.56 Å². The van der Waals surface area contributed by atoms with Gasteiger partial charge < -0.3 is 9.87 Å². The van der Waals surface area contributed by atoms with Gasteiger partial charge in [0, 0.05) is 16.3 Å². The number of halogens is 2. The number of benzene rings is 1. The Bertz CT molecular complexity index is 582. The first-order valence-corrected chi connectivity index (χ1v) is 7.72. The van der Waals surface area contributed by atoms with Crippen molar-refractivity contribution in [2.45, 2.75) is 5.75 Å². The molecule has 1 aromatic carbocycles. The van der Waals surface area contributed by atoms with Crippen LogP contribution < -0.4 is 5.32 Å². The van der Waals surface area contributed by atoms with Crippen molar-refractivity contribution in [1.29, 1.82) is 0 Å². The SMILES string of the molecule is C[S+]([O-])Cc1cc(Cl)cc(Nc2ncnc(Cl)n2)c1. The second kappa shape index (κ2) is 6.38. The van der Waals surface area contributed by atoms with Crippen LogP contribution in [0.25, 0.3) is 0 Å². The molecular formula is C11H10Cl2N4OS. The molecule has 1 atom stereocenters. The fraction of sp³-hybridized carbons (Fsp3) is 0.182. The van der Waals surface area contributed by atoms with Crippen LogP contribution in [0.5, 0.6) is 0 Å². The maximum absolute atomic E-state index is 11.2. The van der Waals surface area contributed by atoms with Crippen LogP contribution in [0.15, 0.2) is 24.5 Å². The molecule has 1 N–H and O–H groups in total. The van der Waals surface area contributed by atoms with Gasteiger partial charge in [-0.1, -0.05) is 22.8 Å². The predicted molar refractivity (Wildman–Crippen MR) is 77.3 cm³/mol. The maximum atomic E-state index is 11.2. The Morgan fingerprint density at radius 2 is 2.05 bits per heavy atom. The molecule has 0 amide bonds. The first-order chi connectivity index (χ1) is 9.02. The summed E-state index contributed by atoms with van der Waals surface area (Å²) in [7, 11) is 0. The number of nitrogens with zero attached hydrogens (tertiary/aromatic N) is 3. The van der Waals surface area contributed by atoms with Gasteiger partial charge in [0.05, 0.1) is 6.26 Å². The zero-order valence-electron chi connectivity index (χ0n) is 9.93. The van der Waals surface area contributed by atoms with E-state index in [2.05, 4.69) is 20.3 Å². The Morgan fingerprint density at radius 3 is 2.74 bits per heavy atom. The number of hydrogen-bond acceptors (Lipinski definition) is 5. The van der Waals surface area contributed by atoms with E-state index in [0.29, 0.717) is 22.4 Å². The maximum Gasteiger partial charge on any atom is 0.231 e. The summed E-state index contributed by atoms with van der Waals surface area (Å²) in [5.41, 5.74) is 1.58. The van der Waals surface area contributed by atoms with Crippen LogP contribution in [0.2, 0.25) is 10.3 Å². The quantitative estimate of drug-likeness (QED) is 0.878. The third-order valence-electron chi connectivity index (χ3n) is 2.13. The Hall–Kier alpha value is -1.08. The van der Waals surface area contributed by atoms with E-state index in [-0.39, 0.29) is 5.28 Å². The molecule has 1 unspecified atom stereocenters. The number of rotatable bonds is 4. The molecule has 100 valence electrons. The number of nitrogens with one attached hydrogen (secondary N) is 1. The molecule has 0 aliphatic rings. The average Bonchev–Trinajstić information content (AvgIpc) is 2.26. The molecule has 8 heteroatoms. The molecule has 1 aromatic heterocycles. The fourth-order valence-corrected chi connectivity index (χ4v) is 2.52. The fourth-order valence-electron chi connectivity index (χ4n) is 1.51. The van der Waals surface area contributed by atoms with E-state index in [1.807, 2.05) is 6.07 Å². The monoisotopic (exact) mass is 316 g/mol. The lowest BCUT2D eigenvalue weighted by Gasteiger charge is -2.09. The van der Waals surface area contributed by atoms with Gasteiger partial charge in [0.1, 0.15) is 12.1 Å². The van der Waals surface area contributed by atoms with Crippen molar-refractivity contribution in [3.8, 4) is 0 Å². The molecule has 0 fully saturated rings. The number of hydrogen-bond donors (Lipinski definition) is 1. The van der Waals surface area contributed by atoms with E-state index in [0.717, 1.165) is 5.56 Å². The highest BCUT2D eigenvalue weighted by Gasteiger charge is 2.06. The van der Waals surface area contributed by atoms with Crippen molar-refractivity contribution in [2.24, 2.45) is 0 Å². The molecule has 0 spiro atoms. The largest absolute Gasteiger partial charge is 0.616 e. The lowest BCUT2D eigenvalue weighted by Crippen LogP contribution is -2.02. The molecule has 5 nitrogen and oxygen atoms in total. The zero-order valence-corrected chi connectivity index (χ0v) is 12.3. The van der Waals surface area contributed by atoms with Crippen LogP contribution in [0.4, 0.5) is 11.6 Å². The lowest BCUT2D eigenvalue weighted by molar-refractivity contribution is 0.600. The van der Waals surface area contributed by atoms with Crippen LogP contribution in [0, 0.1) is 0 Å². The van der Waals surface area contributed by atoms with Gasteiger partial charge in [0.25, 0.3) is 0 Å². The smallest absolute Gasteiger partial charge is 0.231 e. The van der Waals surface area contributed by atoms with E-state index in [9.17, 15) is 4.55 Å². The predicted octanol–water partition coefficient (Wildman–Crippen LogP) is 2.80. The molecule has 0 bridgehead atoms. The minimum atomic E-state index is -0.932. The van der Waals surface area contributed by atoms with Crippen LogP contribution in [0.3, 0.4) is 0 Å². The molecular weight excluding hydrogens is 307 g/mol. The summed E-state index contributed by atoms with van der Waals surface area (Å²) in [5, 5.41) is 3.62. The Kier molecular flexibility index (Phi) is 4.81. The molecule has 0 aliphatic heterocycles. The van der Waals surface area contributed by atoms with Crippen molar-refractivity contribution >= 4 is 46.0 Å². The first-order valence-electron chi connectivity index (χ1n) is 5.24. The van der Waals surface area contributed by atoms with E-state index >= 15 is 0 Å². The molecule has 0 saturated heterocycles. The summed E-state index contributed by atoms with van der Waals surface area (Å²) in [5.74, 6) is 0.763. The summed E-state index contributed by atoms with van der Waals surface area (Å²) in [4.78, 5) is 11.5. The van der Waals surface area contributed by atoms with Crippen molar-refractivity contribution in [2.75, 3.05) is 11.6 Å². The Balaban J connectivity index is 2.22. The van der Waals surface area contributed by atoms with E-state index in [1.165, 1.54) is 6.33 Å². The van der Waals surface area contributed by atoms with E-state index in [4.69, 9.17) is 23.2 Å². The van der Waals surface area contributed by atoms with Crippen molar-refractivity contribution in [3.63, 3.8) is 0 Å². The third kappa shape index (κ3) is 4.50. The van der Waals surface area contributed by atoms with Crippen LogP contribution in [-0.4, -0.2) is 25.8 Å². The Morgan fingerprint density at radius 1 is 1.26 bits per heavy atom. The Labute approximate surface area is 123 Å². The van der Waals surface area contributed by atoms with Crippen molar-refractivity contribution < 1.29 is 4.55 Å². The minimum absolute atomic E-state index is 0.106. The lowest BCUT2D eigenvalue weighted by atomic mass is 10.2. The van der Waals surface area contributed by atoms with Gasteiger partial charge in [0.2, 0.25) is 11.2 Å². The summed E-state index contributed by atoms with van der Waals surface area (Å²) < 4.78 is 11.2. The molecule has 1 heterocycles. The minimum Gasteiger partial charge on any atom is -0.616 e. The second-order valence-corrected chi connectivity index (χ2v) is 5.98. The summed E-state index contributed by atoms with van der Waals surface area (Å²) in [6, 6.07) is 5.33. The zero-order chi connectivity index (χ0) is 13.8. The third-order valence-corrected chi connectivity index (χ3v) is 3.27. The van der Waals surface area contributed by atoms with Gasteiger partial charge in [-0.3, -0.25) is 0 Å². The first kappa shape index (κ1) is 14.3.